The van der Waals surface area contributed by atoms with Gasteiger partial charge in [0.25, 0.3) is 0 Å². The Kier molecular flexibility index (Phi) is 5.02. The van der Waals surface area contributed by atoms with Crippen LogP contribution in [0.1, 0.15) is 5.56 Å². The number of aromatic nitrogens is 7. The molecule has 1 aliphatic rings. The molecule has 6 heterocycles. The Bertz CT molecular complexity index is 1450. The molecule has 0 atom stereocenters. The molecule has 1 aliphatic heterocycles. The van der Waals surface area contributed by atoms with Crippen LogP contribution in [0.4, 0.5) is 16.2 Å². The average Bonchev–Trinajstić information content (AvgIpc) is 3.51. The maximum Gasteiger partial charge on any atom is 0.224 e. The largest absolute Gasteiger partial charge is 0.354 e. The third kappa shape index (κ3) is 3.79. The molecule has 0 unspecified atom stereocenters. The lowest BCUT2D eigenvalue weighted by atomic mass is 10.1. The van der Waals surface area contributed by atoms with E-state index in [1.54, 1.807) is 18.6 Å². The molecule has 0 spiro atoms. The molecule has 5 aromatic rings. The highest BCUT2D eigenvalue weighted by Crippen LogP contribution is 2.29. The number of piperazine rings is 1. The van der Waals surface area contributed by atoms with Gasteiger partial charge in [0.05, 0.1) is 0 Å². The van der Waals surface area contributed by atoms with E-state index in [1.165, 1.54) is 16.9 Å². The van der Waals surface area contributed by atoms with Crippen LogP contribution < -0.4 is 10.2 Å². The summed E-state index contributed by atoms with van der Waals surface area (Å²) in [5.41, 5.74) is 3.36. The zero-order valence-electron chi connectivity index (χ0n) is 18.6. The van der Waals surface area contributed by atoms with E-state index in [0.717, 1.165) is 48.5 Å². The van der Waals surface area contributed by atoms with Crippen molar-refractivity contribution in [1.29, 1.82) is 0 Å². The summed E-state index contributed by atoms with van der Waals surface area (Å²) in [4.78, 5) is 25.4. The van der Waals surface area contributed by atoms with Gasteiger partial charge in [-0.3, -0.25) is 0 Å². The molecule has 6 rings (SSSR count). The van der Waals surface area contributed by atoms with Gasteiger partial charge in [-0.1, -0.05) is 6.07 Å². The molecule has 0 amide bonds. The van der Waals surface area contributed by atoms with Crippen LogP contribution >= 0.6 is 0 Å². The summed E-state index contributed by atoms with van der Waals surface area (Å²) in [6.45, 7) is 4.65. The van der Waals surface area contributed by atoms with Crippen molar-refractivity contribution < 1.29 is 4.39 Å². The molecule has 34 heavy (non-hydrogen) atoms. The number of pyridine rings is 2. The predicted octanol–water partition coefficient (Wildman–Crippen LogP) is 2.57. The minimum atomic E-state index is -0.434. The molecule has 2 N–H and O–H groups in total. The lowest BCUT2D eigenvalue weighted by Gasteiger charge is -2.33. The smallest absolute Gasteiger partial charge is 0.224 e. The molecule has 10 nitrogen and oxygen atoms in total. The van der Waals surface area contributed by atoms with Crippen LogP contribution in [0.5, 0.6) is 0 Å². The van der Waals surface area contributed by atoms with Crippen LogP contribution in [0, 0.1) is 5.82 Å². The molecule has 11 heteroatoms. The fourth-order valence-corrected chi connectivity index (χ4v) is 4.19. The highest BCUT2D eigenvalue weighted by Gasteiger charge is 2.15. The van der Waals surface area contributed by atoms with E-state index in [4.69, 9.17) is 0 Å². The van der Waals surface area contributed by atoms with Crippen molar-refractivity contribution in [2.45, 2.75) is 6.54 Å². The van der Waals surface area contributed by atoms with Gasteiger partial charge in [0.2, 0.25) is 5.95 Å². The summed E-state index contributed by atoms with van der Waals surface area (Å²) in [6, 6.07) is 5.58. The molecular formula is C23H23FN10. The Hall–Kier alpha value is -4.12. The third-order valence-electron chi connectivity index (χ3n) is 6.16. The first kappa shape index (κ1) is 20.5. The van der Waals surface area contributed by atoms with E-state index >= 15 is 0 Å². The molecule has 0 aromatic carbocycles. The molecular weight excluding hydrogens is 435 g/mol. The van der Waals surface area contributed by atoms with Gasteiger partial charge in [-0.2, -0.15) is 10.1 Å². The van der Waals surface area contributed by atoms with Crippen molar-refractivity contribution in [2.75, 3.05) is 43.4 Å². The van der Waals surface area contributed by atoms with Crippen molar-refractivity contribution in [1.82, 2.24) is 39.4 Å². The molecule has 0 bridgehead atoms. The number of fused-ring (bicyclic) bond motifs is 2. The lowest BCUT2D eigenvalue weighted by Crippen LogP contribution is -2.44. The van der Waals surface area contributed by atoms with Crippen LogP contribution in [-0.4, -0.2) is 72.7 Å². The molecule has 1 fully saturated rings. The second-order valence-corrected chi connectivity index (χ2v) is 8.43. The Morgan fingerprint density at radius 1 is 1.09 bits per heavy atom. The maximum absolute atomic E-state index is 14.4. The van der Waals surface area contributed by atoms with E-state index < -0.39 is 5.82 Å². The number of hydrogen-bond acceptors (Lipinski definition) is 8. The number of aromatic amines is 1. The van der Waals surface area contributed by atoms with Gasteiger partial charge in [-0.15, -0.1) is 0 Å². The third-order valence-corrected chi connectivity index (χ3v) is 6.16. The van der Waals surface area contributed by atoms with Crippen LogP contribution in [0.3, 0.4) is 0 Å². The summed E-state index contributed by atoms with van der Waals surface area (Å²) in [5.74, 6) is 1.08. The van der Waals surface area contributed by atoms with E-state index in [-0.39, 0.29) is 5.65 Å². The molecule has 0 aliphatic carbocycles. The minimum Gasteiger partial charge on any atom is -0.354 e. The number of nitrogens with one attached hydrogen (secondary N) is 2. The quantitative estimate of drug-likeness (QED) is 0.414. The summed E-state index contributed by atoms with van der Waals surface area (Å²) in [7, 11) is 2.14. The fourth-order valence-electron chi connectivity index (χ4n) is 4.19. The van der Waals surface area contributed by atoms with E-state index in [1.807, 2.05) is 6.20 Å². The maximum atomic E-state index is 14.4. The Balaban J connectivity index is 1.16. The monoisotopic (exact) mass is 458 g/mol. The van der Waals surface area contributed by atoms with Gasteiger partial charge in [0.15, 0.2) is 11.5 Å². The van der Waals surface area contributed by atoms with Crippen molar-refractivity contribution >= 4 is 28.4 Å². The number of likely N-dealkylation sites (N-methyl/N-ethyl adjacent to an activating group) is 1. The van der Waals surface area contributed by atoms with Crippen molar-refractivity contribution in [3.05, 3.63) is 60.7 Å². The number of anilines is 2. The van der Waals surface area contributed by atoms with Crippen LogP contribution in [0.2, 0.25) is 0 Å². The number of halogens is 1. The number of rotatable bonds is 5. The summed E-state index contributed by atoms with van der Waals surface area (Å²) in [6.07, 6.45) is 8.48. The van der Waals surface area contributed by atoms with Crippen LogP contribution in [0.15, 0.2) is 49.3 Å². The molecule has 5 aromatic heterocycles. The Morgan fingerprint density at radius 2 is 1.97 bits per heavy atom. The highest BCUT2D eigenvalue weighted by atomic mass is 19.1. The molecule has 172 valence electrons. The van der Waals surface area contributed by atoms with E-state index in [9.17, 15) is 4.39 Å². The van der Waals surface area contributed by atoms with Gasteiger partial charge in [0, 0.05) is 74.0 Å². The Morgan fingerprint density at radius 3 is 2.79 bits per heavy atom. The fraction of sp³-hybridized carbons (Fsp3) is 0.261. The standard InChI is InChI=1S/C23H23FN10/c1-32-4-6-33(7-5-32)20-3-2-15(9-25-20)10-27-23-28-12-18-17(11-26-21(18)31-23)16-8-19(24)22-29-14-30-34(22)13-16/h2-3,8-9,11-14H,4-7,10H2,1H3,(H2,26,27,28,31). The Labute approximate surface area is 194 Å². The summed E-state index contributed by atoms with van der Waals surface area (Å²) < 4.78 is 15.8. The average molecular weight is 459 g/mol. The summed E-state index contributed by atoms with van der Waals surface area (Å²) in [5, 5.41) is 8.08. The van der Waals surface area contributed by atoms with Crippen molar-refractivity contribution in [3.8, 4) is 11.1 Å². The highest BCUT2D eigenvalue weighted by molar-refractivity contribution is 5.93. The van der Waals surface area contributed by atoms with Crippen molar-refractivity contribution in [2.24, 2.45) is 0 Å². The van der Waals surface area contributed by atoms with Crippen LogP contribution in [0.25, 0.3) is 27.8 Å². The van der Waals surface area contributed by atoms with Gasteiger partial charge < -0.3 is 20.1 Å². The number of H-pyrrole nitrogens is 1. The normalized spacial score (nSPS) is 14.8. The van der Waals surface area contributed by atoms with E-state index in [2.05, 4.69) is 64.3 Å². The zero-order valence-corrected chi connectivity index (χ0v) is 18.6. The predicted molar refractivity (Wildman–Crippen MR) is 127 cm³/mol. The lowest BCUT2D eigenvalue weighted by molar-refractivity contribution is 0.312. The van der Waals surface area contributed by atoms with Crippen molar-refractivity contribution in [3.63, 3.8) is 0 Å². The first-order chi connectivity index (χ1) is 16.6. The first-order valence-corrected chi connectivity index (χ1v) is 11.1. The van der Waals surface area contributed by atoms with Gasteiger partial charge in [-0.25, -0.2) is 23.9 Å². The second kappa shape index (κ2) is 8.34. The van der Waals surface area contributed by atoms with Crippen LogP contribution in [-0.2, 0) is 6.54 Å². The van der Waals surface area contributed by atoms with Gasteiger partial charge >= 0.3 is 0 Å². The molecule has 0 saturated carbocycles. The van der Waals surface area contributed by atoms with E-state index in [0.29, 0.717) is 23.7 Å². The number of hydrogen-bond donors (Lipinski definition) is 2. The van der Waals surface area contributed by atoms with Gasteiger partial charge in [0.1, 0.15) is 17.8 Å². The molecule has 0 radical (unpaired) electrons. The van der Waals surface area contributed by atoms with Gasteiger partial charge in [-0.05, 0) is 24.7 Å². The topological polar surface area (TPSA) is 103 Å². The number of nitrogens with zero attached hydrogens (tertiary/aromatic N) is 8. The minimum absolute atomic E-state index is 0.192. The second-order valence-electron chi connectivity index (χ2n) is 8.43. The molecule has 1 saturated heterocycles. The zero-order chi connectivity index (χ0) is 23.1. The first-order valence-electron chi connectivity index (χ1n) is 11.1. The summed E-state index contributed by atoms with van der Waals surface area (Å²) >= 11 is 0. The SMILES string of the molecule is CN1CCN(c2ccc(CNc3ncc4c(-c5cc(F)c6ncnn6c5)c[nH]c4n3)cn2)CC1.